The summed E-state index contributed by atoms with van der Waals surface area (Å²) in [6.07, 6.45) is 4.52. The molecule has 1 saturated heterocycles. The van der Waals surface area contributed by atoms with Gasteiger partial charge in [0.15, 0.2) is 6.10 Å². The summed E-state index contributed by atoms with van der Waals surface area (Å²) in [5.41, 5.74) is 2.26. The van der Waals surface area contributed by atoms with Gasteiger partial charge in [-0.25, -0.2) is 0 Å². The molecule has 1 unspecified atom stereocenters. The fraction of sp³-hybridized carbons (Fsp3) is 0.632. The Labute approximate surface area is 140 Å². The minimum absolute atomic E-state index is 0.0383. The van der Waals surface area contributed by atoms with E-state index >= 15 is 0 Å². The molecule has 1 aromatic rings. The van der Waals surface area contributed by atoms with Crippen LogP contribution in [0.15, 0.2) is 18.2 Å². The van der Waals surface area contributed by atoms with Crippen LogP contribution in [-0.2, 0) is 4.79 Å². The molecular formula is C19H30N2O2. The van der Waals surface area contributed by atoms with Gasteiger partial charge in [-0.2, -0.15) is 0 Å². The van der Waals surface area contributed by atoms with Crippen molar-refractivity contribution in [3.63, 3.8) is 0 Å². The molecule has 0 bridgehead atoms. The number of likely N-dealkylation sites (tertiary alicyclic amines) is 1. The van der Waals surface area contributed by atoms with Gasteiger partial charge in [0.25, 0.3) is 5.91 Å². The molecule has 1 atom stereocenters. The van der Waals surface area contributed by atoms with Crippen molar-refractivity contribution in [1.82, 2.24) is 10.2 Å². The van der Waals surface area contributed by atoms with Gasteiger partial charge in [-0.05, 0) is 71.3 Å². The number of aryl methyl sites for hydroxylation is 2. The van der Waals surface area contributed by atoms with Gasteiger partial charge in [-0.15, -0.1) is 0 Å². The smallest absolute Gasteiger partial charge is 0.260 e. The van der Waals surface area contributed by atoms with Crippen LogP contribution in [0.2, 0.25) is 0 Å². The average Bonchev–Trinajstić information content (AvgIpc) is 2.55. The SMILES string of the molecule is Cc1ccc(OC(C)C(=O)NCCCN2CCCCC2)c(C)c1. The molecule has 0 aliphatic carbocycles. The Bertz CT molecular complexity index is 510. The molecule has 1 amide bonds. The molecule has 1 fully saturated rings. The molecule has 0 radical (unpaired) electrons. The highest BCUT2D eigenvalue weighted by Gasteiger charge is 2.15. The second-order valence-electron chi connectivity index (χ2n) is 6.58. The Morgan fingerprint density at radius 3 is 2.70 bits per heavy atom. The summed E-state index contributed by atoms with van der Waals surface area (Å²) in [5.74, 6) is 0.746. The highest BCUT2D eigenvalue weighted by atomic mass is 16.5. The second-order valence-corrected chi connectivity index (χ2v) is 6.58. The van der Waals surface area contributed by atoms with Crippen molar-refractivity contribution in [3.8, 4) is 5.75 Å². The molecule has 1 aromatic carbocycles. The van der Waals surface area contributed by atoms with E-state index in [1.165, 1.54) is 37.9 Å². The molecule has 0 saturated carbocycles. The predicted octanol–water partition coefficient (Wildman–Crippen LogP) is 3.06. The third-order valence-electron chi connectivity index (χ3n) is 4.40. The number of carbonyl (C=O) groups excluding carboxylic acids is 1. The van der Waals surface area contributed by atoms with Gasteiger partial charge in [0, 0.05) is 6.54 Å². The summed E-state index contributed by atoms with van der Waals surface area (Å²) in [6, 6.07) is 6.01. The molecular weight excluding hydrogens is 288 g/mol. The van der Waals surface area contributed by atoms with Crippen LogP contribution in [0.3, 0.4) is 0 Å². The van der Waals surface area contributed by atoms with Crippen LogP contribution < -0.4 is 10.1 Å². The lowest BCUT2D eigenvalue weighted by molar-refractivity contribution is -0.127. The maximum atomic E-state index is 12.1. The first-order chi connectivity index (χ1) is 11.1. The Hall–Kier alpha value is -1.55. The first-order valence-electron chi connectivity index (χ1n) is 8.80. The number of ether oxygens (including phenoxy) is 1. The minimum atomic E-state index is -0.466. The van der Waals surface area contributed by atoms with E-state index in [1.54, 1.807) is 6.92 Å². The fourth-order valence-electron chi connectivity index (χ4n) is 3.02. The number of hydrogen-bond acceptors (Lipinski definition) is 3. The third kappa shape index (κ3) is 5.87. The molecule has 4 heteroatoms. The van der Waals surface area contributed by atoms with Gasteiger partial charge in [0.2, 0.25) is 0 Å². The van der Waals surface area contributed by atoms with E-state index in [0.29, 0.717) is 0 Å². The van der Waals surface area contributed by atoms with Crippen molar-refractivity contribution in [3.05, 3.63) is 29.3 Å². The van der Waals surface area contributed by atoms with E-state index in [0.717, 1.165) is 30.8 Å². The largest absolute Gasteiger partial charge is 0.481 e. The number of nitrogens with one attached hydrogen (secondary N) is 1. The van der Waals surface area contributed by atoms with Crippen LogP contribution in [-0.4, -0.2) is 43.1 Å². The number of hydrogen-bond donors (Lipinski definition) is 1. The molecule has 0 spiro atoms. The summed E-state index contributed by atoms with van der Waals surface area (Å²) >= 11 is 0. The predicted molar refractivity (Wildman–Crippen MR) is 93.9 cm³/mol. The highest BCUT2D eigenvalue weighted by Crippen LogP contribution is 2.20. The van der Waals surface area contributed by atoms with Crippen LogP contribution in [0.1, 0.15) is 43.7 Å². The Kier molecular flexibility index (Phi) is 6.90. The van der Waals surface area contributed by atoms with Gasteiger partial charge in [-0.3, -0.25) is 4.79 Å². The van der Waals surface area contributed by atoms with Gasteiger partial charge in [-0.1, -0.05) is 24.1 Å². The summed E-state index contributed by atoms with van der Waals surface area (Å²) in [6.45, 7) is 10.1. The number of carbonyl (C=O) groups is 1. The Morgan fingerprint density at radius 2 is 2.00 bits per heavy atom. The standard InChI is InChI=1S/C19H30N2O2/c1-15-8-9-18(16(2)14-15)23-17(3)19(22)20-10-7-13-21-11-5-4-6-12-21/h8-9,14,17H,4-7,10-13H2,1-3H3,(H,20,22). The Morgan fingerprint density at radius 1 is 1.26 bits per heavy atom. The molecule has 1 aliphatic heterocycles. The first-order valence-corrected chi connectivity index (χ1v) is 8.80. The summed E-state index contributed by atoms with van der Waals surface area (Å²) < 4.78 is 5.79. The van der Waals surface area contributed by atoms with Crippen LogP contribution >= 0.6 is 0 Å². The van der Waals surface area contributed by atoms with Gasteiger partial charge in [0.1, 0.15) is 5.75 Å². The van der Waals surface area contributed by atoms with Gasteiger partial charge >= 0.3 is 0 Å². The summed E-state index contributed by atoms with van der Waals surface area (Å²) in [7, 11) is 0. The average molecular weight is 318 g/mol. The molecule has 4 nitrogen and oxygen atoms in total. The zero-order valence-electron chi connectivity index (χ0n) is 14.7. The van der Waals surface area contributed by atoms with Crippen molar-refractivity contribution in [1.29, 1.82) is 0 Å². The van der Waals surface area contributed by atoms with Crippen molar-refractivity contribution in [2.24, 2.45) is 0 Å². The summed E-state index contributed by atoms with van der Waals surface area (Å²) in [4.78, 5) is 14.6. The van der Waals surface area contributed by atoms with Crippen LogP contribution in [0.4, 0.5) is 0 Å². The minimum Gasteiger partial charge on any atom is -0.481 e. The van der Waals surface area contributed by atoms with Gasteiger partial charge in [0.05, 0.1) is 0 Å². The zero-order chi connectivity index (χ0) is 16.7. The summed E-state index contributed by atoms with van der Waals surface area (Å²) in [5, 5.41) is 2.98. The molecule has 1 heterocycles. The second kappa shape index (κ2) is 8.92. The van der Waals surface area contributed by atoms with E-state index < -0.39 is 6.10 Å². The first kappa shape index (κ1) is 17.8. The molecule has 1 aliphatic rings. The molecule has 2 rings (SSSR count). The zero-order valence-corrected chi connectivity index (χ0v) is 14.7. The van der Waals surface area contributed by atoms with Crippen molar-refractivity contribution < 1.29 is 9.53 Å². The van der Waals surface area contributed by atoms with Crippen molar-refractivity contribution in [2.75, 3.05) is 26.2 Å². The number of benzene rings is 1. The molecule has 128 valence electrons. The van der Waals surface area contributed by atoms with E-state index in [9.17, 15) is 4.79 Å². The van der Waals surface area contributed by atoms with Crippen LogP contribution in [0.25, 0.3) is 0 Å². The van der Waals surface area contributed by atoms with Crippen molar-refractivity contribution in [2.45, 2.75) is 52.6 Å². The highest BCUT2D eigenvalue weighted by molar-refractivity contribution is 5.80. The Balaban J connectivity index is 1.68. The third-order valence-corrected chi connectivity index (χ3v) is 4.40. The van der Waals surface area contributed by atoms with E-state index in [1.807, 2.05) is 19.1 Å². The quantitative estimate of drug-likeness (QED) is 0.786. The lowest BCUT2D eigenvalue weighted by Crippen LogP contribution is -2.38. The number of piperidine rings is 1. The van der Waals surface area contributed by atoms with Gasteiger partial charge < -0.3 is 15.0 Å². The number of amides is 1. The maximum absolute atomic E-state index is 12.1. The lowest BCUT2D eigenvalue weighted by atomic mass is 10.1. The van der Waals surface area contributed by atoms with Crippen LogP contribution in [0.5, 0.6) is 5.75 Å². The van der Waals surface area contributed by atoms with Crippen molar-refractivity contribution >= 4 is 5.91 Å². The number of nitrogens with zero attached hydrogens (tertiary/aromatic N) is 1. The van der Waals surface area contributed by atoms with Crippen LogP contribution in [0, 0.1) is 13.8 Å². The molecule has 23 heavy (non-hydrogen) atoms. The topological polar surface area (TPSA) is 41.6 Å². The maximum Gasteiger partial charge on any atom is 0.260 e. The lowest BCUT2D eigenvalue weighted by Gasteiger charge is -2.26. The molecule has 0 aromatic heterocycles. The van der Waals surface area contributed by atoms with E-state index in [4.69, 9.17) is 4.74 Å². The molecule has 1 N–H and O–H groups in total. The van der Waals surface area contributed by atoms with E-state index in [-0.39, 0.29) is 5.91 Å². The van der Waals surface area contributed by atoms with E-state index in [2.05, 4.69) is 23.2 Å². The normalized spacial score (nSPS) is 16.8. The fourth-order valence-corrected chi connectivity index (χ4v) is 3.02. The number of rotatable bonds is 7. The monoisotopic (exact) mass is 318 g/mol.